The Labute approximate surface area is 143 Å². The summed E-state index contributed by atoms with van der Waals surface area (Å²) in [6.07, 6.45) is 6.42. The molecule has 0 saturated carbocycles. The van der Waals surface area contributed by atoms with Crippen LogP contribution in [0.15, 0.2) is 35.5 Å². The van der Waals surface area contributed by atoms with Gasteiger partial charge in [0.05, 0.1) is 12.5 Å². The summed E-state index contributed by atoms with van der Waals surface area (Å²) in [5.74, 6) is -0.832. The molecule has 1 fully saturated rings. The van der Waals surface area contributed by atoms with Crippen molar-refractivity contribution in [2.24, 2.45) is 11.8 Å². The number of aliphatic hydroxyl groups excluding tert-OH is 1. The van der Waals surface area contributed by atoms with Crippen molar-refractivity contribution in [1.82, 2.24) is 0 Å². The molecule has 0 bridgehead atoms. The number of fused-ring (bicyclic) bond motifs is 1. The summed E-state index contributed by atoms with van der Waals surface area (Å²) in [5, 5.41) is 9.51. The number of aliphatic hydroxyl groups is 1. The molecule has 24 heavy (non-hydrogen) atoms. The van der Waals surface area contributed by atoms with E-state index in [2.05, 4.69) is 6.58 Å². The molecule has 0 aromatic carbocycles. The second kappa shape index (κ2) is 8.29. The van der Waals surface area contributed by atoms with Crippen molar-refractivity contribution in [2.75, 3.05) is 13.2 Å². The third-order valence-electron chi connectivity index (χ3n) is 4.51. The van der Waals surface area contributed by atoms with E-state index < -0.39 is 0 Å². The summed E-state index contributed by atoms with van der Waals surface area (Å²) in [4.78, 5) is 23.5. The number of allylic oxidation sites excluding steroid dienone is 2. The summed E-state index contributed by atoms with van der Waals surface area (Å²) < 4.78 is 10.7. The first kappa shape index (κ1) is 18.5. The maximum Gasteiger partial charge on any atom is 0.334 e. The lowest BCUT2D eigenvalue weighted by molar-refractivity contribution is -0.146. The number of carbonyl (C=O) groups excluding carboxylic acids is 2. The third kappa shape index (κ3) is 4.57. The Balaban J connectivity index is 2.13. The molecule has 1 aliphatic carbocycles. The van der Waals surface area contributed by atoms with E-state index in [1.165, 1.54) is 0 Å². The Morgan fingerprint density at radius 1 is 1.42 bits per heavy atom. The van der Waals surface area contributed by atoms with Crippen LogP contribution in [0.25, 0.3) is 0 Å². The first-order valence-corrected chi connectivity index (χ1v) is 8.45. The second-order valence-corrected chi connectivity index (χ2v) is 6.70. The van der Waals surface area contributed by atoms with E-state index in [9.17, 15) is 14.7 Å². The van der Waals surface area contributed by atoms with E-state index in [4.69, 9.17) is 9.47 Å². The van der Waals surface area contributed by atoms with Crippen LogP contribution in [0.3, 0.4) is 0 Å². The minimum Gasteiger partial charge on any atom is -0.461 e. The molecule has 0 radical (unpaired) electrons. The van der Waals surface area contributed by atoms with Gasteiger partial charge in [-0.05, 0) is 30.4 Å². The molecule has 0 aromatic heterocycles. The highest BCUT2D eigenvalue weighted by molar-refractivity contribution is 5.90. The lowest BCUT2D eigenvalue weighted by Gasteiger charge is -2.20. The average molecular weight is 334 g/mol. The van der Waals surface area contributed by atoms with Crippen molar-refractivity contribution in [2.45, 2.75) is 45.6 Å². The Kier molecular flexibility index (Phi) is 6.37. The molecular weight excluding hydrogens is 308 g/mol. The summed E-state index contributed by atoms with van der Waals surface area (Å²) >= 11 is 0. The smallest absolute Gasteiger partial charge is 0.334 e. The molecule has 0 amide bonds. The highest BCUT2D eigenvalue weighted by atomic mass is 16.6. The molecule has 5 nitrogen and oxygen atoms in total. The monoisotopic (exact) mass is 334 g/mol. The minimum absolute atomic E-state index is 0.0470. The van der Waals surface area contributed by atoms with Crippen molar-refractivity contribution < 1.29 is 24.2 Å². The van der Waals surface area contributed by atoms with E-state index in [1.807, 2.05) is 12.2 Å². The minimum atomic E-state index is -0.359. The Hall–Kier alpha value is -1.88. The SMILES string of the molecule is C=C1C(=O)O[C@H]2C/C(CO)=C\CC/C(COC(=O)C(C)C)=C/C[C@H]12. The molecule has 0 unspecified atom stereocenters. The first-order valence-electron chi connectivity index (χ1n) is 8.45. The fourth-order valence-corrected chi connectivity index (χ4v) is 2.94. The van der Waals surface area contributed by atoms with E-state index in [-0.39, 0.29) is 43.1 Å². The van der Waals surface area contributed by atoms with Gasteiger partial charge in [-0.1, -0.05) is 32.6 Å². The zero-order valence-electron chi connectivity index (χ0n) is 14.4. The van der Waals surface area contributed by atoms with Gasteiger partial charge in [-0.15, -0.1) is 0 Å². The van der Waals surface area contributed by atoms with Crippen LogP contribution >= 0.6 is 0 Å². The van der Waals surface area contributed by atoms with Crippen LogP contribution in [0.2, 0.25) is 0 Å². The Morgan fingerprint density at radius 3 is 2.83 bits per heavy atom. The second-order valence-electron chi connectivity index (χ2n) is 6.70. The van der Waals surface area contributed by atoms with Crippen LogP contribution < -0.4 is 0 Å². The lowest BCUT2D eigenvalue weighted by atomic mass is 9.87. The highest BCUT2D eigenvalue weighted by Crippen LogP contribution is 2.34. The van der Waals surface area contributed by atoms with Gasteiger partial charge in [0.25, 0.3) is 0 Å². The van der Waals surface area contributed by atoms with Crippen molar-refractivity contribution in [1.29, 1.82) is 0 Å². The molecule has 0 spiro atoms. The van der Waals surface area contributed by atoms with E-state index in [1.54, 1.807) is 13.8 Å². The molecule has 1 saturated heterocycles. The van der Waals surface area contributed by atoms with Crippen LogP contribution in [-0.2, 0) is 19.1 Å². The van der Waals surface area contributed by atoms with Crippen LogP contribution in [0.1, 0.15) is 39.5 Å². The normalized spacial score (nSPS) is 29.2. The Morgan fingerprint density at radius 2 is 2.17 bits per heavy atom. The van der Waals surface area contributed by atoms with Gasteiger partial charge >= 0.3 is 11.9 Å². The van der Waals surface area contributed by atoms with Crippen LogP contribution in [0, 0.1) is 11.8 Å². The Bertz CT molecular complexity index is 570. The largest absolute Gasteiger partial charge is 0.461 e. The van der Waals surface area contributed by atoms with Crippen LogP contribution in [0.5, 0.6) is 0 Å². The molecule has 2 rings (SSSR count). The van der Waals surface area contributed by atoms with E-state index in [0.29, 0.717) is 18.4 Å². The summed E-state index contributed by atoms with van der Waals surface area (Å²) in [5.41, 5.74) is 2.37. The molecule has 0 aromatic rings. The highest BCUT2D eigenvalue weighted by Gasteiger charge is 2.38. The van der Waals surface area contributed by atoms with Gasteiger partial charge in [-0.25, -0.2) is 4.79 Å². The van der Waals surface area contributed by atoms with Crippen molar-refractivity contribution in [3.05, 3.63) is 35.5 Å². The zero-order chi connectivity index (χ0) is 17.7. The van der Waals surface area contributed by atoms with Gasteiger partial charge < -0.3 is 14.6 Å². The number of ether oxygens (including phenoxy) is 2. The standard InChI is InChI=1S/C19H26O5/c1-12(2)18(21)23-11-14-5-4-6-15(10-20)9-17-16(8-7-14)13(3)19(22)24-17/h6-7,12,16-17,20H,3-5,8-11H2,1-2H3/b14-7-,15-6+/t16-,17+/m1/s1. The van der Waals surface area contributed by atoms with Gasteiger partial charge in [-0.2, -0.15) is 0 Å². The number of hydrogen-bond donors (Lipinski definition) is 1. The predicted octanol–water partition coefficient (Wildman–Crippen LogP) is 2.70. The van der Waals surface area contributed by atoms with Crippen molar-refractivity contribution in [3.63, 3.8) is 0 Å². The molecule has 2 atom stereocenters. The molecule has 1 N–H and O–H groups in total. The van der Waals surface area contributed by atoms with E-state index in [0.717, 1.165) is 24.0 Å². The first-order chi connectivity index (χ1) is 11.4. The van der Waals surface area contributed by atoms with Gasteiger partial charge in [0.1, 0.15) is 12.7 Å². The lowest BCUT2D eigenvalue weighted by Crippen LogP contribution is -2.19. The number of rotatable bonds is 4. The maximum absolute atomic E-state index is 11.8. The fourth-order valence-electron chi connectivity index (χ4n) is 2.94. The quantitative estimate of drug-likeness (QED) is 0.486. The molecular formula is C19H26O5. The molecule has 1 heterocycles. The van der Waals surface area contributed by atoms with Crippen LogP contribution in [-0.4, -0.2) is 36.4 Å². The van der Waals surface area contributed by atoms with Gasteiger partial charge in [0.15, 0.2) is 0 Å². The summed E-state index contributed by atoms with van der Waals surface area (Å²) in [6, 6.07) is 0. The number of hydrogen-bond acceptors (Lipinski definition) is 5. The van der Waals surface area contributed by atoms with Crippen molar-refractivity contribution in [3.8, 4) is 0 Å². The summed E-state index contributed by atoms with van der Waals surface area (Å²) in [6.45, 7) is 7.67. The molecule has 132 valence electrons. The van der Waals surface area contributed by atoms with Gasteiger partial charge in [0.2, 0.25) is 0 Å². The van der Waals surface area contributed by atoms with Gasteiger partial charge in [-0.3, -0.25) is 4.79 Å². The van der Waals surface area contributed by atoms with Gasteiger partial charge in [0, 0.05) is 17.9 Å². The van der Waals surface area contributed by atoms with Crippen LogP contribution in [0.4, 0.5) is 0 Å². The number of esters is 2. The van der Waals surface area contributed by atoms with E-state index >= 15 is 0 Å². The summed E-state index contributed by atoms with van der Waals surface area (Å²) in [7, 11) is 0. The molecule has 5 heteroatoms. The fraction of sp³-hybridized carbons (Fsp3) is 0.579. The molecule has 2 aliphatic rings. The zero-order valence-corrected chi connectivity index (χ0v) is 14.4. The number of carbonyl (C=O) groups is 2. The average Bonchev–Trinajstić information content (AvgIpc) is 2.82. The third-order valence-corrected chi connectivity index (χ3v) is 4.51. The predicted molar refractivity (Wildman–Crippen MR) is 90.0 cm³/mol. The topological polar surface area (TPSA) is 72.8 Å². The maximum atomic E-state index is 11.8. The van der Waals surface area contributed by atoms with Crippen molar-refractivity contribution >= 4 is 11.9 Å². The molecule has 1 aliphatic heterocycles.